The van der Waals surface area contributed by atoms with Gasteiger partial charge in [-0.2, -0.15) is 4.31 Å². The van der Waals surface area contributed by atoms with Crippen molar-refractivity contribution < 1.29 is 22.7 Å². The Kier molecular flexibility index (Phi) is 5.36. The third-order valence-corrected chi connectivity index (χ3v) is 8.24. The standard InChI is InChI=1S/C22H21N3O5S2/c1-14-6-8-15(9-7-14)32(27,28)25-11-10-16-20(12-25)31-22(23-16)24-21(26)19-13-29-17-4-2-3-5-18(17)30-19/h2-9,19H,10-13H2,1H3,(H,23,24,26). The van der Waals surface area contributed by atoms with Crippen LogP contribution in [0.5, 0.6) is 11.5 Å². The van der Waals surface area contributed by atoms with Crippen LogP contribution >= 0.6 is 11.3 Å². The summed E-state index contributed by atoms with van der Waals surface area (Å²) in [5.74, 6) is 0.778. The summed E-state index contributed by atoms with van der Waals surface area (Å²) in [6.45, 7) is 2.60. The largest absolute Gasteiger partial charge is 0.485 e. The van der Waals surface area contributed by atoms with Gasteiger partial charge in [0.05, 0.1) is 17.1 Å². The number of fused-ring (bicyclic) bond motifs is 2. The smallest absolute Gasteiger partial charge is 0.270 e. The lowest BCUT2D eigenvalue weighted by atomic mass is 10.2. The van der Waals surface area contributed by atoms with Crippen molar-refractivity contribution in [1.29, 1.82) is 0 Å². The fourth-order valence-electron chi connectivity index (χ4n) is 3.62. The molecule has 3 heterocycles. The summed E-state index contributed by atoms with van der Waals surface area (Å²) in [5, 5.41) is 3.21. The topological polar surface area (TPSA) is 97.8 Å². The number of anilines is 1. The van der Waals surface area contributed by atoms with E-state index in [1.54, 1.807) is 36.4 Å². The van der Waals surface area contributed by atoms with Gasteiger partial charge in [0.15, 0.2) is 16.6 Å². The number of sulfonamides is 1. The van der Waals surface area contributed by atoms with Crippen LogP contribution in [-0.4, -0.2) is 42.9 Å². The van der Waals surface area contributed by atoms with Gasteiger partial charge in [-0.3, -0.25) is 10.1 Å². The minimum Gasteiger partial charge on any atom is -0.485 e. The first kappa shape index (κ1) is 20.9. The second kappa shape index (κ2) is 8.19. The van der Waals surface area contributed by atoms with E-state index in [1.807, 2.05) is 19.1 Å². The van der Waals surface area contributed by atoms with E-state index in [-0.39, 0.29) is 24.0 Å². The zero-order valence-electron chi connectivity index (χ0n) is 17.3. The van der Waals surface area contributed by atoms with Gasteiger partial charge in [0, 0.05) is 17.8 Å². The van der Waals surface area contributed by atoms with Crippen LogP contribution in [0.15, 0.2) is 53.4 Å². The van der Waals surface area contributed by atoms with Crippen LogP contribution in [0.25, 0.3) is 0 Å². The van der Waals surface area contributed by atoms with Crippen LogP contribution < -0.4 is 14.8 Å². The predicted molar refractivity (Wildman–Crippen MR) is 120 cm³/mol. The summed E-state index contributed by atoms with van der Waals surface area (Å²) >= 11 is 1.29. The molecule has 10 heteroatoms. The summed E-state index contributed by atoms with van der Waals surface area (Å²) in [6, 6.07) is 14.0. The third kappa shape index (κ3) is 3.96. The molecule has 1 amide bonds. The van der Waals surface area contributed by atoms with Crippen molar-refractivity contribution in [3.63, 3.8) is 0 Å². The Labute approximate surface area is 189 Å². The zero-order chi connectivity index (χ0) is 22.3. The molecule has 32 heavy (non-hydrogen) atoms. The Bertz CT molecular complexity index is 1270. The van der Waals surface area contributed by atoms with E-state index in [4.69, 9.17) is 9.47 Å². The normalized spacial score (nSPS) is 18.1. The number of aromatic nitrogens is 1. The predicted octanol–water partition coefficient (Wildman–Crippen LogP) is 2.98. The number of carbonyl (C=O) groups is 1. The highest BCUT2D eigenvalue weighted by molar-refractivity contribution is 7.89. The minimum atomic E-state index is -3.59. The molecule has 0 fully saturated rings. The first-order valence-electron chi connectivity index (χ1n) is 10.1. The molecule has 1 aromatic heterocycles. The molecule has 8 nitrogen and oxygen atoms in total. The molecule has 0 aliphatic carbocycles. The van der Waals surface area contributed by atoms with E-state index in [0.29, 0.717) is 29.6 Å². The summed E-state index contributed by atoms with van der Waals surface area (Å²) in [7, 11) is -3.59. The molecule has 2 aromatic carbocycles. The van der Waals surface area contributed by atoms with Crippen LogP contribution in [-0.2, 0) is 27.8 Å². The summed E-state index contributed by atoms with van der Waals surface area (Å²) in [4.78, 5) is 18.3. The Morgan fingerprint density at radius 2 is 1.91 bits per heavy atom. The Morgan fingerprint density at radius 3 is 2.69 bits per heavy atom. The third-order valence-electron chi connectivity index (χ3n) is 5.39. The van der Waals surface area contributed by atoms with Crippen LogP contribution in [0, 0.1) is 6.92 Å². The maximum Gasteiger partial charge on any atom is 0.270 e. The number of ether oxygens (including phenoxy) is 2. The molecule has 0 bridgehead atoms. The number of aryl methyl sites for hydroxylation is 1. The number of hydrogen-bond donors (Lipinski definition) is 1. The molecule has 3 aromatic rings. The van der Waals surface area contributed by atoms with Crippen LogP contribution in [0.4, 0.5) is 5.13 Å². The molecule has 1 N–H and O–H groups in total. The van der Waals surface area contributed by atoms with Crippen molar-refractivity contribution in [3.8, 4) is 11.5 Å². The molecule has 1 atom stereocenters. The van der Waals surface area contributed by atoms with Gasteiger partial charge in [0.25, 0.3) is 5.91 Å². The number of thiazole rings is 1. The molecule has 0 spiro atoms. The van der Waals surface area contributed by atoms with Gasteiger partial charge in [-0.1, -0.05) is 29.8 Å². The van der Waals surface area contributed by atoms with Gasteiger partial charge in [-0.15, -0.1) is 11.3 Å². The number of benzene rings is 2. The quantitative estimate of drug-likeness (QED) is 0.628. The molecule has 0 radical (unpaired) electrons. The number of hydrogen-bond acceptors (Lipinski definition) is 7. The lowest BCUT2D eigenvalue weighted by Gasteiger charge is -2.25. The van der Waals surface area contributed by atoms with E-state index in [0.717, 1.165) is 16.1 Å². The lowest BCUT2D eigenvalue weighted by Crippen LogP contribution is -2.40. The number of nitrogens with zero attached hydrogens (tertiary/aromatic N) is 2. The van der Waals surface area contributed by atoms with E-state index in [1.165, 1.54) is 15.6 Å². The van der Waals surface area contributed by atoms with Crippen molar-refractivity contribution in [2.45, 2.75) is 30.9 Å². The first-order valence-corrected chi connectivity index (χ1v) is 12.4. The monoisotopic (exact) mass is 471 g/mol. The second-order valence-electron chi connectivity index (χ2n) is 7.64. The number of amides is 1. The summed E-state index contributed by atoms with van der Waals surface area (Å²) in [5.41, 5.74) is 1.82. The molecule has 1 unspecified atom stereocenters. The Balaban J connectivity index is 1.28. The fourth-order valence-corrected chi connectivity index (χ4v) is 6.14. The lowest BCUT2D eigenvalue weighted by molar-refractivity contribution is -0.125. The number of rotatable bonds is 4. The van der Waals surface area contributed by atoms with Crippen molar-refractivity contribution >= 4 is 32.4 Å². The average molecular weight is 472 g/mol. The highest BCUT2D eigenvalue weighted by Gasteiger charge is 2.32. The molecular formula is C22H21N3O5S2. The van der Waals surface area contributed by atoms with Crippen LogP contribution in [0.2, 0.25) is 0 Å². The van der Waals surface area contributed by atoms with Gasteiger partial charge < -0.3 is 9.47 Å². The fraction of sp³-hybridized carbons (Fsp3) is 0.273. The minimum absolute atomic E-state index is 0.108. The molecule has 0 saturated carbocycles. The van der Waals surface area contributed by atoms with E-state index < -0.39 is 16.1 Å². The SMILES string of the molecule is Cc1ccc(S(=O)(=O)N2CCc3nc(NC(=O)C4COc5ccccc5O4)sc3C2)cc1. The van der Waals surface area contributed by atoms with Gasteiger partial charge in [0.1, 0.15) is 6.61 Å². The van der Waals surface area contributed by atoms with Gasteiger partial charge in [-0.05, 0) is 31.2 Å². The van der Waals surface area contributed by atoms with Gasteiger partial charge in [-0.25, -0.2) is 13.4 Å². The van der Waals surface area contributed by atoms with Crippen molar-refractivity contribution in [2.24, 2.45) is 0 Å². The molecule has 2 aliphatic heterocycles. The summed E-state index contributed by atoms with van der Waals surface area (Å²) in [6.07, 6.45) is -0.298. The van der Waals surface area contributed by atoms with E-state index in [9.17, 15) is 13.2 Å². The second-order valence-corrected chi connectivity index (χ2v) is 10.7. The molecule has 166 valence electrons. The van der Waals surface area contributed by atoms with Crippen molar-refractivity contribution in [2.75, 3.05) is 18.5 Å². The summed E-state index contributed by atoms with van der Waals surface area (Å²) < 4.78 is 38.8. The number of nitrogens with one attached hydrogen (secondary N) is 1. The Hall–Kier alpha value is -2.95. The van der Waals surface area contributed by atoms with E-state index in [2.05, 4.69) is 10.3 Å². The molecule has 5 rings (SSSR count). The van der Waals surface area contributed by atoms with E-state index >= 15 is 0 Å². The van der Waals surface area contributed by atoms with Gasteiger partial charge in [0.2, 0.25) is 16.1 Å². The Morgan fingerprint density at radius 1 is 1.16 bits per heavy atom. The zero-order valence-corrected chi connectivity index (χ0v) is 18.9. The van der Waals surface area contributed by atoms with Crippen LogP contribution in [0.3, 0.4) is 0 Å². The molecule has 0 saturated heterocycles. The average Bonchev–Trinajstić information content (AvgIpc) is 3.20. The highest BCUT2D eigenvalue weighted by atomic mass is 32.2. The maximum atomic E-state index is 13.0. The molecular weight excluding hydrogens is 450 g/mol. The highest BCUT2D eigenvalue weighted by Crippen LogP contribution is 2.33. The van der Waals surface area contributed by atoms with Crippen molar-refractivity contribution in [1.82, 2.24) is 9.29 Å². The van der Waals surface area contributed by atoms with Gasteiger partial charge >= 0.3 is 0 Å². The molecule has 2 aliphatic rings. The number of para-hydroxylation sites is 2. The first-order chi connectivity index (χ1) is 15.4. The number of carbonyl (C=O) groups excluding carboxylic acids is 1. The van der Waals surface area contributed by atoms with Crippen LogP contribution in [0.1, 0.15) is 16.1 Å². The maximum absolute atomic E-state index is 13.0. The van der Waals surface area contributed by atoms with Crippen molar-refractivity contribution in [3.05, 3.63) is 64.7 Å².